The normalized spacial score (nSPS) is 10.0. The highest BCUT2D eigenvalue weighted by molar-refractivity contribution is 6.06. The Morgan fingerprint density at radius 1 is 1.06 bits per heavy atom. The lowest BCUT2D eigenvalue weighted by atomic mass is 9.99. The van der Waals surface area contributed by atoms with Crippen molar-refractivity contribution in [3.63, 3.8) is 0 Å². The molecule has 0 aliphatic heterocycles. The predicted molar refractivity (Wildman–Crippen MR) is 61.4 cm³/mol. The van der Waals surface area contributed by atoms with Crippen LogP contribution in [0.5, 0.6) is 0 Å². The SMILES string of the molecule is O=C(O)c1cccc(-c2cnccn2)c1C(=O)O. The summed E-state index contributed by atoms with van der Waals surface area (Å²) in [5.74, 6) is -2.60. The van der Waals surface area contributed by atoms with Gasteiger partial charge in [0.1, 0.15) is 0 Å². The first-order valence-corrected chi connectivity index (χ1v) is 4.97. The maximum Gasteiger partial charge on any atom is 0.337 e. The van der Waals surface area contributed by atoms with E-state index >= 15 is 0 Å². The van der Waals surface area contributed by atoms with Crippen molar-refractivity contribution in [2.75, 3.05) is 0 Å². The Labute approximate surface area is 102 Å². The van der Waals surface area contributed by atoms with Crippen molar-refractivity contribution >= 4 is 11.9 Å². The zero-order chi connectivity index (χ0) is 13.1. The summed E-state index contributed by atoms with van der Waals surface area (Å²) in [7, 11) is 0. The van der Waals surface area contributed by atoms with Gasteiger partial charge in [-0.2, -0.15) is 0 Å². The van der Waals surface area contributed by atoms with Crippen molar-refractivity contribution in [2.45, 2.75) is 0 Å². The minimum absolute atomic E-state index is 0.232. The number of carboxylic acid groups (broad SMARTS) is 2. The van der Waals surface area contributed by atoms with Gasteiger partial charge in [-0.1, -0.05) is 12.1 Å². The molecule has 90 valence electrons. The molecule has 1 heterocycles. The summed E-state index contributed by atoms with van der Waals surface area (Å²) < 4.78 is 0. The van der Waals surface area contributed by atoms with Crippen LogP contribution in [0.15, 0.2) is 36.8 Å². The van der Waals surface area contributed by atoms with Gasteiger partial charge in [0, 0.05) is 18.0 Å². The van der Waals surface area contributed by atoms with Crippen LogP contribution in [0.25, 0.3) is 11.3 Å². The molecule has 2 aromatic rings. The molecule has 1 aromatic carbocycles. The summed E-state index contributed by atoms with van der Waals surface area (Å²) in [6.45, 7) is 0. The number of aromatic nitrogens is 2. The van der Waals surface area contributed by atoms with Crippen molar-refractivity contribution < 1.29 is 19.8 Å². The quantitative estimate of drug-likeness (QED) is 0.849. The first-order valence-electron chi connectivity index (χ1n) is 4.97. The van der Waals surface area contributed by atoms with Crippen molar-refractivity contribution in [2.24, 2.45) is 0 Å². The van der Waals surface area contributed by atoms with Gasteiger partial charge >= 0.3 is 11.9 Å². The monoisotopic (exact) mass is 244 g/mol. The largest absolute Gasteiger partial charge is 0.478 e. The number of hydrogen-bond acceptors (Lipinski definition) is 4. The van der Waals surface area contributed by atoms with Gasteiger partial charge in [-0.25, -0.2) is 9.59 Å². The number of carboxylic acids is 2. The minimum atomic E-state index is -1.31. The Kier molecular flexibility index (Phi) is 3.01. The summed E-state index contributed by atoms with van der Waals surface area (Å²) in [6.07, 6.45) is 4.24. The van der Waals surface area contributed by atoms with Crippen LogP contribution in [0.4, 0.5) is 0 Å². The molecular weight excluding hydrogens is 236 g/mol. The zero-order valence-corrected chi connectivity index (χ0v) is 9.07. The number of nitrogens with zero attached hydrogens (tertiary/aromatic N) is 2. The van der Waals surface area contributed by atoms with Crippen molar-refractivity contribution in [3.05, 3.63) is 47.9 Å². The van der Waals surface area contributed by atoms with Crippen LogP contribution < -0.4 is 0 Å². The molecule has 0 aliphatic carbocycles. The number of carbonyl (C=O) groups is 2. The number of rotatable bonds is 3. The van der Waals surface area contributed by atoms with Gasteiger partial charge in [-0.15, -0.1) is 0 Å². The van der Waals surface area contributed by atoms with E-state index < -0.39 is 11.9 Å². The average Bonchev–Trinajstić information content (AvgIpc) is 2.38. The van der Waals surface area contributed by atoms with E-state index in [4.69, 9.17) is 10.2 Å². The van der Waals surface area contributed by atoms with Gasteiger partial charge in [0.2, 0.25) is 0 Å². The van der Waals surface area contributed by atoms with E-state index in [1.54, 1.807) is 0 Å². The molecule has 6 heteroatoms. The third kappa shape index (κ3) is 2.03. The first kappa shape index (κ1) is 11.7. The lowest BCUT2D eigenvalue weighted by Gasteiger charge is -2.07. The molecule has 0 aliphatic rings. The maximum absolute atomic E-state index is 11.2. The Hall–Kier alpha value is -2.76. The molecule has 0 radical (unpaired) electrons. The molecule has 0 spiro atoms. The lowest BCUT2D eigenvalue weighted by molar-refractivity contribution is 0.0652. The summed E-state index contributed by atoms with van der Waals surface area (Å²) in [5.41, 5.74) is -0.00958. The highest BCUT2D eigenvalue weighted by Crippen LogP contribution is 2.24. The van der Waals surface area contributed by atoms with Crippen LogP contribution in [0.1, 0.15) is 20.7 Å². The maximum atomic E-state index is 11.2. The van der Waals surface area contributed by atoms with Crippen LogP contribution in [0.3, 0.4) is 0 Å². The third-order valence-corrected chi connectivity index (χ3v) is 2.35. The minimum Gasteiger partial charge on any atom is -0.478 e. The second-order valence-electron chi connectivity index (χ2n) is 3.43. The topological polar surface area (TPSA) is 100 Å². The molecule has 1 aromatic heterocycles. The van der Waals surface area contributed by atoms with E-state index in [-0.39, 0.29) is 16.7 Å². The van der Waals surface area contributed by atoms with Crippen LogP contribution in [-0.2, 0) is 0 Å². The summed E-state index contributed by atoms with van der Waals surface area (Å²) in [6, 6.07) is 4.21. The third-order valence-electron chi connectivity index (χ3n) is 2.35. The molecule has 0 bridgehead atoms. The molecule has 0 amide bonds. The fourth-order valence-electron chi connectivity index (χ4n) is 1.61. The summed E-state index contributed by atoms with van der Waals surface area (Å²) in [4.78, 5) is 30.0. The molecule has 18 heavy (non-hydrogen) atoms. The predicted octanol–water partition coefficient (Wildman–Crippen LogP) is 1.54. The number of hydrogen-bond donors (Lipinski definition) is 2. The molecule has 6 nitrogen and oxygen atoms in total. The van der Waals surface area contributed by atoms with E-state index in [1.807, 2.05) is 0 Å². The number of benzene rings is 1. The van der Waals surface area contributed by atoms with Crippen LogP contribution >= 0.6 is 0 Å². The Bertz CT molecular complexity index is 611. The first-order chi connectivity index (χ1) is 8.61. The molecule has 2 N–H and O–H groups in total. The van der Waals surface area contributed by atoms with E-state index in [9.17, 15) is 9.59 Å². The highest BCUT2D eigenvalue weighted by atomic mass is 16.4. The van der Waals surface area contributed by atoms with E-state index in [0.717, 1.165) is 0 Å². The summed E-state index contributed by atoms with van der Waals surface area (Å²) >= 11 is 0. The highest BCUT2D eigenvalue weighted by Gasteiger charge is 2.21. The van der Waals surface area contributed by atoms with Gasteiger partial charge < -0.3 is 10.2 Å². The Morgan fingerprint density at radius 3 is 2.39 bits per heavy atom. The van der Waals surface area contributed by atoms with Crippen molar-refractivity contribution in [1.29, 1.82) is 0 Å². The van der Waals surface area contributed by atoms with Gasteiger partial charge in [0.05, 0.1) is 23.0 Å². The lowest BCUT2D eigenvalue weighted by Crippen LogP contribution is -2.10. The second kappa shape index (κ2) is 4.62. The van der Waals surface area contributed by atoms with E-state index in [1.165, 1.54) is 36.8 Å². The van der Waals surface area contributed by atoms with Crippen LogP contribution in [0, 0.1) is 0 Å². The molecule has 0 atom stereocenters. The van der Waals surface area contributed by atoms with Gasteiger partial charge in [-0.3, -0.25) is 9.97 Å². The standard InChI is InChI=1S/C12H8N2O4/c15-11(16)8-3-1-2-7(10(8)12(17)18)9-6-13-4-5-14-9/h1-6H,(H,15,16)(H,17,18). The van der Waals surface area contributed by atoms with E-state index in [0.29, 0.717) is 5.69 Å². The van der Waals surface area contributed by atoms with Crippen LogP contribution in [0.2, 0.25) is 0 Å². The zero-order valence-electron chi connectivity index (χ0n) is 9.07. The Balaban J connectivity index is 2.72. The molecule has 0 unspecified atom stereocenters. The fraction of sp³-hybridized carbons (Fsp3) is 0. The Morgan fingerprint density at radius 2 is 1.83 bits per heavy atom. The smallest absolute Gasteiger partial charge is 0.337 e. The molecule has 0 saturated carbocycles. The molecule has 0 fully saturated rings. The van der Waals surface area contributed by atoms with Gasteiger partial charge in [0.25, 0.3) is 0 Å². The molecular formula is C12H8N2O4. The molecule has 0 saturated heterocycles. The number of aromatic carboxylic acids is 2. The molecule has 2 rings (SSSR count). The van der Waals surface area contributed by atoms with Gasteiger partial charge in [0.15, 0.2) is 0 Å². The van der Waals surface area contributed by atoms with Gasteiger partial charge in [-0.05, 0) is 6.07 Å². The van der Waals surface area contributed by atoms with Crippen molar-refractivity contribution in [3.8, 4) is 11.3 Å². The fourth-order valence-corrected chi connectivity index (χ4v) is 1.61. The second-order valence-corrected chi connectivity index (χ2v) is 3.43. The average molecular weight is 244 g/mol. The van der Waals surface area contributed by atoms with Crippen molar-refractivity contribution in [1.82, 2.24) is 9.97 Å². The summed E-state index contributed by atoms with van der Waals surface area (Å²) in [5, 5.41) is 18.1. The van der Waals surface area contributed by atoms with Crippen LogP contribution in [-0.4, -0.2) is 32.1 Å². The van der Waals surface area contributed by atoms with E-state index in [2.05, 4.69) is 9.97 Å².